The summed E-state index contributed by atoms with van der Waals surface area (Å²) in [5, 5.41) is 11.5. The van der Waals surface area contributed by atoms with E-state index < -0.39 is 10.0 Å². The van der Waals surface area contributed by atoms with Gasteiger partial charge in [0.15, 0.2) is 10.9 Å². The van der Waals surface area contributed by atoms with Gasteiger partial charge in [-0.25, -0.2) is 4.98 Å². The molecule has 0 fully saturated rings. The summed E-state index contributed by atoms with van der Waals surface area (Å²) >= 11 is 0. The van der Waals surface area contributed by atoms with E-state index in [0.29, 0.717) is 0 Å². The molecule has 0 unspecified atom stereocenters. The molecule has 4 N–H and O–H groups in total. The summed E-state index contributed by atoms with van der Waals surface area (Å²) in [6.07, 6.45) is 2.75. The van der Waals surface area contributed by atoms with Crippen LogP contribution in [0.3, 0.4) is 0 Å². The van der Waals surface area contributed by atoms with Gasteiger partial charge in [-0.05, 0) is 12.1 Å². The molecule has 0 amide bonds. The Hall–Kier alpha value is -2.55. The Morgan fingerprint density at radius 1 is 1.45 bits per heavy atom. The van der Waals surface area contributed by atoms with E-state index >= 15 is 0 Å². The molecule has 0 aliphatic carbocycles. The Morgan fingerprint density at radius 2 is 2.15 bits per heavy atom. The quantitative estimate of drug-likeness (QED) is 0.324. The Labute approximate surface area is 115 Å². The molecule has 0 saturated carbocycles. The van der Waals surface area contributed by atoms with Gasteiger partial charge in [0.1, 0.15) is 0 Å². The summed E-state index contributed by atoms with van der Waals surface area (Å²) in [5.41, 5.74) is 5.98. The number of para-hydroxylation sites is 1. The number of nitrogens with one attached hydrogen (secondary N) is 1. The molecule has 1 aromatic carbocycles. The van der Waals surface area contributed by atoms with Crippen molar-refractivity contribution in [2.24, 2.45) is 17.9 Å². The van der Waals surface area contributed by atoms with Crippen LogP contribution < -0.4 is 10.5 Å². The third-order valence-corrected chi connectivity index (χ3v) is 3.76. The van der Waals surface area contributed by atoms with Crippen LogP contribution in [0.2, 0.25) is 0 Å². The van der Waals surface area contributed by atoms with E-state index in [0.717, 1.165) is 0 Å². The Balaban J connectivity index is 2.40. The van der Waals surface area contributed by atoms with Crippen LogP contribution in [0.4, 0.5) is 5.69 Å². The minimum Gasteiger partial charge on any atom is -0.409 e. The fourth-order valence-corrected chi connectivity index (χ4v) is 2.64. The van der Waals surface area contributed by atoms with E-state index in [9.17, 15) is 8.42 Å². The number of aromatic nitrogens is 2. The molecule has 8 nitrogen and oxygen atoms in total. The van der Waals surface area contributed by atoms with Gasteiger partial charge >= 0.3 is 0 Å². The second-order valence-corrected chi connectivity index (χ2v) is 5.64. The highest BCUT2D eigenvalue weighted by molar-refractivity contribution is 7.92. The molecule has 0 radical (unpaired) electrons. The summed E-state index contributed by atoms with van der Waals surface area (Å²) in [5.74, 6) is -0.190. The van der Waals surface area contributed by atoms with Crippen molar-refractivity contribution in [1.82, 2.24) is 9.55 Å². The highest BCUT2D eigenvalue weighted by atomic mass is 32.2. The fraction of sp³-hybridized carbons (Fsp3) is 0.0909. The molecule has 0 atom stereocenters. The van der Waals surface area contributed by atoms with Gasteiger partial charge < -0.3 is 15.5 Å². The number of sulfonamides is 1. The molecule has 106 valence electrons. The molecule has 0 spiro atoms. The number of benzene rings is 1. The number of aryl methyl sites for hydroxylation is 1. The van der Waals surface area contributed by atoms with Crippen molar-refractivity contribution in [3.8, 4) is 0 Å². The Bertz CT molecular complexity index is 751. The van der Waals surface area contributed by atoms with Crippen LogP contribution >= 0.6 is 0 Å². The standard InChI is InChI=1S/C11H13N5O3S/c1-16-6-10(13-7-16)20(18,19)15-9-5-3-2-4-8(9)11(12)14-17/h2-7,15,17H,1H3,(H2,12,14). The number of hydrogen-bond donors (Lipinski definition) is 3. The molecule has 1 aromatic heterocycles. The topological polar surface area (TPSA) is 123 Å². The molecule has 0 aliphatic heterocycles. The average molecular weight is 295 g/mol. The lowest BCUT2D eigenvalue weighted by atomic mass is 10.2. The highest BCUT2D eigenvalue weighted by Gasteiger charge is 2.19. The summed E-state index contributed by atoms with van der Waals surface area (Å²) in [4.78, 5) is 3.78. The molecule has 0 aliphatic rings. The van der Waals surface area contributed by atoms with Crippen LogP contribution in [0.1, 0.15) is 5.56 Å². The number of oxime groups is 1. The third-order valence-electron chi connectivity index (χ3n) is 2.51. The molecule has 20 heavy (non-hydrogen) atoms. The monoisotopic (exact) mass is 295 g/mol. The van der Waals surface area contributed by atoms with Crippen molar-refractivity contribution in [2.45, 2.75) is 5.03 Å². The van der Waals surface area contributed by atoms with Gasteiger partial charge in [-0.2, -0.15) is 8.42 Å². The van der Waals surface area contributed by atoms with E-state index in [4.69, 9.17) is 10.9 Å². The largest absolute Gasteiger partial charge is 0.409 e. The van der Waals surface area contributed by atoms with Gasteiger partial charge in [0.05, 0.1) is 12.0 Å². The Morgan fingerprint density at radius 3 is 2.75 bits per heavy atom. The molecule has 2 aromatic rings. The Kier molecular flexibility index (Phi) is 3.61. The zero-order valence-corrected chi connectivity index (χ0v) is 11.4. The molecule has 2 rings (SSSR count). The van der Waals surface area contributed by atoms with E-state index in [1.54, 1.807) is 19.2 Å². The van der Waals surface area contributed by atoms with Crippen LogP contribution in [0.5, 0.6) is 0 Å². The first-order valence-electron chi connectivity index (χ1n) is 5.52. The normalized spacial score (nSPS) is 12.3. The lowest BCUT2D eigenvalue weighted by molar-refractivity contribution is 0.318. The summed E-state index contributed by atoms with van der Waals surface area (Å²) in [6, 6.07) is 6.32. The number of anilines is 1. The molecular formula is C11H13N5O3S. The van der Waals surface area contributed by atoms with E-state index in [2.05, 4.69) is 14.9 Å². The van der Waals surface area contributed by atoms with Crippen molar-refractivity contribution in [1.29, 1.82) is 0 Å². The van der Waals surface area contributed by atoms with Gasteiger partial charge in [0.2, 0.25) is 0 Å². The van der Waals surface area contributed by atoms with Crippen molar-refractivity contribution in [2.75, 3.05) is 4.72 Å². The van der Waals surface area contributed by atoms with E-state index in [1.165, 1.54) is 29.2 Å². The van der Waals surface area contributed by atoms with Gasteiger partial charge in [0.25, 0.3) is 10.0 Å². The smallest absolute Gasteiger partial charge is 0.280 e. The van der Waals surface area contributed by atoms with Crippen LogP contribution in [-0.4, -0.2) is 29.0 Å². The van der Waals surface area contributed by atoms with E-state index in [-0.39, 0.29) is 22.1 Å². The zero-order chi connectivity index (χ0) is 14.8. The van der Waals surface area contributed by atoms with Crippen molar-refractivity contribution in [3.63, 3.8) is 0 Å². The number of nitrogens with zero attached hydrogens (tertiary/aromatic N) is 3. The first kappa shape index (κ1) is 13.9. The summed E-state index contributed by atoms with van der Waals surface area (Å²) in [7, 11) is -2.17. The predicted molar refractivity (Wildman–Crippen MR) is 73.0 cm³/mol. The number of imidazole rings is 1. The maximum atomic E-state index is 12.1. The summed E-state index contributed by atoms with van der Waals surface area (Å²) < 4.78 is 28.2. The lowest BCUT2D eigenvalue weighted by Gasteiger charge is -2.10. The first-order valence-corrected chi connectivity index (χ1v) is 7.00. The maximum absolute atomic E-state index is 12.1. The van der Waals surface area contributed by atoms with Crippen LogP contribution in [0.15, 0.2) is 47.0 Å². The number of hydrogen-bond acceptors (Lipinski definition) is 5. The fourth-order valence-electron chi connectivity index (χ4n) is 1.57. The van der Waals surface area contributed by atoms with Crippen molar-refractivity contribution < 1.29 is 13.6 Å². The molecular weight excluding hydrogens is 282 g/mol. The minimum absolute atomic E-state index is 0.116. The SMILES string of the molecule is Cn1cnc(S(=O)(=O)Nc2ccccc2C(N)=NO)c1. The lowest BCUT2D eigenvalue weighted by Crippen LogP contribution is -2.19. The highest BCUT2D eigenvalue weighted by Crippen LogP contribution is 2.19. The number of amidine groups is 1. The number of nitrogens with two attached hydrogens (primary N) is 1. The van der Waals surface area contributed by atoms with Gasteiger partial charge in [-0.1, -0.05) is 17.3 Å². The van der Waals surface area contributed by atoms with Crippen LogP contribution in [-0.2, 0) is 17.1 Å². The molecule has 1 heterocycles. The van der Waals surface area contributed by atoms with E-state index in [1.807, 2.05) is 0 Å². The van der Waals surface area contributed by atoms with Crippen LogP contribution in [0, 0.1) is 0 Å². The minimum atomic E-state index is -3.83. The van der Waals surface area contributed by atoms with Gasteiger partial charge in [-0.15, -0.1) is 0 Å². The second kappa shape index (κ2) is 5.21. The third kappa shape index (κ3) is 2.72. The average Bonchev–Trinajstić information content (AvgIpc) is 2.86. The van der Waals surface area contributed by atoms with Crippen molar-refractivity contribution in [3.05, 3.63) is 42.4 Å². The zero-order valence-electron chi connectivity index (χ0n) is 10.6. The molecule has 0 saturated heterocycles. The molecule has 9 heteroatoms. The molecule has 0 bridgehead atoms. The summed E-state index contributed by atoms with van der Waals surface area (Å²) in [6.45, 7) is 0. The predicted octanol–water partition coefficient (Wildman–Crippen LogP) is 0.315. The maximum Gasteiger partial charge on any atom is 0.280 e. The second-order valence-electron chi connectivity index (χ2n) is 4.01. The van der Waals surface area contributed by atoms with Gasteiger partial charge in [0, 0.05) is 18.8 Å². The van der Waals surface area contributed by atoms with Crippen LogP contribution in [0.25, 0.3) is 0 Å². The first-order chi connectivity index (χ1) is 9.44. The van der Waals surface area contributed by atoms with Gasteiger partial charge in [-0.3, -0.25) is 4.72 Å². The number of rotatable bonds is 4. The van der Waals surface area contributed by atoms with Crippen molar-refractivity contribution >= 4 is 21.5 Å².